The Hall–Kier alpha value is -3.85. The number of hydrogen-bond donors (Lipinski definition) is 1. The minimum Gasteiger partial charge on any atom is -0.497 e. The molecule has 0 aliphatic carbocycles. The molecular formula is C31H39N3O5S. The van der Waals surface area contributed by atoms with Gasteiger partial charge >= 0.3 is 0 Å². The molecule has 9 heteroatoms. The van der Waals surface area contributed by atoms with Crippen molar-refractivity contribution in [1.29, 1.82) is 0 Å². The highest BCUT2D eigenvalue weighted by molar-refractivity contribution is 7.92. The number of benzene rings is 3. The van der Waals surface area contributed by atoms with E-state index >= 15 is 0 Å². The summed E-state index contributed by atoms with van der Waals surface area (Å²) in [5.41, 5.74) is 2.89. The molecule has 0 heterocycles. The first kappa shape index (κ1) is 30.7. The van der Waals surface area contributed by atoms with E-state index in [-0.39, 0.29) is 23.3 Å². The van der Waals surface area contributed by atoms with Crippen LogP contribution in [0.15, 0.2) is 77.7 Å². The van der Waals surface area contributed by atoms with E-state index in [1.165, 1.54) is 17.0 Å². The number of nitrogens with one attached hydrogen (secondary N) is 1. The van der Waals surface area contributed by atoms with Crippen molar-refractivity contribution >= 4 is 27.5 Å². The first-order chi connectivity index (χ1) is 18.9. The highest BCUT2D eigenvalue weighted by Gasteiger charge is 2.32. The van der Waals surface area contributed by atoms with Gasteiger partial charge in [0.1, 0.15) is 18.3 Å². The lowest BCUT2D eigenvalue weighted by molar-refractivity contribution is -0.139. The van der Waals surface area contributed by atoms with Crippen molar-refractivity contribution in [3.8, 4) is 5.75 Å². The molecule has 8 nitrogen and oxygen atoms in total. The van der Waals surface area contributed by atoms with E-state index in [0.29, 0.717) is 18.0 Å². The highest BCUT2D eigenvalue weighted by atomic mass is 32.2. The van der Waals surface area contributed by atoms with Gasteiger partial charge in [-0.05, 0) is 74.2 Å². The second-order valence-electron chi connectivity index (χ2n) is 10.4. The van der Waals surface area contributed by atoms with Gasteiger partial charge < -0.3 is 15.0 Å². The summed E-state index contributed by atoms with van der Waals surface area (Å²) in [6, 6.07) is 19.9. The molecule has 1 atom stereocenters. The SMILES string of the molecule is COc1cccc(CN(C(=O)CN(c2cccc(C)c2)S(=O)(=O)c2ccc(C)cc2)[C@@H](C)C(=O)NCC(C)C)c1. The van der Waals surface area contributed by atoms with E-state index in [1.54, 1.807) is 62.6 Å². The first-order valence-electron chi connectivity index (χ1n) is 13.3. The van der Waals surface area contributed by atoms with Gasteiger partial charge in [0.25, 0.3) is 10.0 Å². The third-order valence-electron chi connectivity index (χ3n) is 6.52. The molecule has 1 N–H and O–H groups in total. The largest absolute Gasteiger partial charge is 0.497 e. The predicted octanol–water partition coefficient (Wildman–Crippen LogP) is 4.70. The van der Waals surface area contributed by atoms with Gasteiger partial charge in [-0.3, -0.25) is 13.9 Å². The van der Waals surface area contributed by atoms with Crippen molar-refractivity contribution in [2.45, 2.75) is 52.1 Å². The smallest absolute Gasteiger partial charge is 0.264 e. The molecule has 0 saturated heterocycles. The van der Waals surface area contributed by atoms with Crippen LogP contribution in [0, 0.1) is 19.8 Å². The van der Waals surface area contributed by atoms with Crippen LogP contribution in [0.4, 0.5) is 5.69 Å². The van der Waals surface area contributed by atoms with Gasteiger partial charge in [0.15, 0.2) is 0 Å². The van der Waals surface area contributed by atoms with E-state index in [1.807, 2.05) is 39.8 Å². The van der Waals surface area contributed by atoms with E-state index in [0.717, 1.165) is 21.0 Å². The quantitative estimate of drug-likeness (QED) is 0.344. The summed E-state index contributed by atoms with van der Waals surface area (Å²) in [5, 5.41) is 2.89. The van der Waals surface area contributed by atoms with Gasteiger partial charge in [0.2, 0.25) is 11.8 Å². The van der Waals surface area contributed by atoms with E-state index in [4.69, 9.17) is 4.74 Å². The van der Waals surface area contributed by atoms with Crippen LogP contribution < -0.4 is 14.4 Å². The maximum absolute atomic E-state index is 14.0. The van der Waals surface area contributed by atoms with Crippen molar-refractivity contribution in [3.63, 3.8) is 0 Å². The Morgan fingerprint density at radius 1 is 0.900 bits per heavy atom. The predicted molar refractivity (Wildman–Crippen MR) is 158 cm³/mol. The summed E-state index contributed by atoms with van der Waals surface area (Å²) in [6.45, 7) is 9.43. The first-order valence-corrected chi connectivity index (χ1v) is 14.7. The van der Waals surface area contributed by atoms with Gasteiger partial charge in [-0.1, -0.05) is 55.8 Å². The topological polar surface area (TPSA) is 96.0 Å². The molecular weight excluding hydrogens is 526 g/mol. The summed E-state index contributed by atoms with van der Waals surface area (Å²) >= 11 is 0. The molecule has 0 unspecified atom stereocenters. The van der Waals surface area contributed by atoms with Crippen molar-refractivity contribution in [1.82, 2.24) is 10.2 Å². The number of sulfonamides is 1. The Morgan fingerprint density at radius 3 is 2.20 bits per heavy atom. The van der Waals surface area contributed by atoms with Gasteiger partial charge in [-0.25, -0.2) is 8.42 Å². The number of amides is 2. The van der Waals surface area contributed by atoms with Crippen LogP contribution >= 0.6 is 0 Å². The van der Waals surface area contributed by atoms with Crippen LogP contribution in [-0.4, -0.2) is 51.4 Å². The lowest BCUT2D eigenvalue weighted by Crippen LogP contribution is -2.51. The van der Waals surface area contributed by atoms with Crippen LogP contribution in [0.5, 0.6) is 5.75 Å². The minimum absolute atomic E-state index is 0.0782. The highest BCUT2D eigenvalue weighted by Crippen LogP contribution is 2.26. The fraction of sp³-hybridized carbons (Fsp3) is 0.355. The summed E-state index contributed by atoms with van der Waals surface area (Å²) in [5.74, 6) is 0.0287. The Kier molecular flexibility index (Phi) is 10.3. The van der Waals surface area contributed by atoms with Gasteiger partial charge in [-0.2, -0.15) is 0 Å². The summed E-state index contributed by atoms with van der Waals surface area (Å²) in [4.78, 5) is 28.6. The molecule has 2 amide bonds. The molecule has 3 aromatic carbocycles. The standard InChI is InChI=1S/C31H39N3O5S/c1-22(2)19-32-31(36)25(5)33(20-26-10-8-12-28(18-26)39-6)30(35)21-34(27-11-7-9-24(4)17-27)40(37,38)29-15-13-23(3)14-16-29/h7-18,22,25H,19-21H2,1-6H3,(H,32,36)/t25-/m0/s1. The summed E-state index contributed by atoms with van der Waals surface area (Å²) in [6.07, 6.45) is 0. The number of ether oxygens (including phenoxy) is 1. The summed E-state index contributed by atoms with van der Waals surface area (Å²) in [7, 11) is -2.55. The maximum atomic E-state index is 14.0. The Balaban J connectivity index is 2.02. The summed E-state index contributed by atoms with van der Waals surface area (Å²) < 4.78 is 34.2. The fourth-order valence-corrected chi connectivity index (χ4v) is 5.56. The minimum atomic E-state index is -4.10. The monoisotopic (exact) mass is 565 g/mol. The number of carbonyl (C=O) groups excluding carboxylic acids is 2. The zero-order valence-corrected chi connectivity index (χ0v) is 24.9. The second-order valence-corrected chi connectivity index (χ2v) is 12.2. The third-order valence-corrected chi connectivity index (χ3v) is 8.30. The molecule has 0 aliphatic rings. The van der Waals surface area contributed by atoms with Crippen LogP contribution in [0.1, 0.15) is 37.5 Å². The molecule has 0 bridgehead atoms. The van der Waals surface area contributed by atoms with Crippen LogP contribution in [0.2, 0.25) is 0 Å². The lowest BCUT2D eigenvalue weighted by atomic mass is 10.1. The molecule has 0 saturated carbocycles. The molecule has 0 radical (unpaired) electrons. The normalized spacial score (nSPS) is 12.1. The number of nitrogens with zero attached hydrogens (tertiary/aromatic N) is 2. The molecule has 0 aliphatic heterocycles. The maximum Gasteiger partial charge on any atom is 0.264 e. The molecule has 0 fully saturated rings. The van der Waals surface area contributed by atoms with Crippen molar-refractivity contribution in [3.05, 3.63) is 89.5 Å². The average molecular weight is 566 g/mol. The van der Waals surface area contributed by atoms with E-state index < -0.39 is 28.5 Å². The Morgan fingerprint density at radius 2 is 1.57 bits per heavy atom. The number of carbonyl (C=O) groups is 2. The fourth-order valence-electron chi connectivity index (χ4n) is 4.15. The number of methoxy groups -OCH3 is 1. The second kappa shape index (κ2) is 13.5. The van der Waals surface area contributed by atoms with Crippen LogP contribution in [0.25, 0.3) is 0 Å². The Labute approximate surface area is 238 Å². The molecule has 3 aromatic rings. The molecule has 0 spiro atoms. The number of rotatable bonds is 12. The number of hydrogen-bond acceptors (Lipinski definition) is 5. The van der Waals surface area contributed by atoms with E-state index in [9.17, 15) is 18.0 Å². The number of aryl methyl sites for hydroxylation is 2. The zero-order chi connectivity index (χ0) is 29.4. The number of anilines is 1. The van der Waals surface area contributed by atoms with Crippen LogP contribution in [-0.2, 0) is 26.2 Å². The van der Waals surface area contributed by atoms with Crippen molar-refractivity contribution < 1.29 is 22.7 Å². The molecule has 40 heavy (non-hydrogen) atoms. The molecule has 3 rings (SSSR count). The molecule has 214 valence electrons. The Bertz CT molecular complexity index is 1420. The van der Waals surface area contributed by atoms with Gasteiger partial charge in [0.05, 0.1) is 17.7 Å². The van der Waals surface area contributed by atoms with Gasteiger partial charge in [-0.15, -0.1) is 0 Å². The third kappa shape index (κ3) is 7.85. The molecule has 0 aromatic heterocycles. The van der Waals surface area contributed by atoms with Crippen molar-refractivity contribution in [2.75, 3.05) is 24.5 Å². The lowest BCUT2D eigenvalue weighted by Gasteiger charge is -2.32. The zero-order valence-electron chi connectivity index (χ0n) is 24.0. The van der Waals surface area contributed by atoms with Gasteiger partial charge in [0, 0.05) is 13.1 Å². The van der Waals surface area contributed by atoms with Crippen molar-refractivity contribution in [2.24, 2.45) is 5.92 Å². The average Bonchev–Trinajstić information content (AvgIpc) is 2.93. The van der Waals surface area contributed by atoms with Crippen LogP contribution in [0.3, 0.4) is 0 Å². The van der Waals surface area contributed by atoms with E-state index in [2.05, 4.69) is 5.32 Å².